The first-order chi connectivity index (χ1) is 10.5. The van der Waals surface area contributed by atoms with Gasteiger partial charge < -0.3 is 15.8 Å². The molecule has 4 nitrogen and oxygen atoms in total. The van der Waals surface area contributed by atoms with E-state index in [0.717, 1.165) is 0 Å². The molecular formula is C16H16F2N2O2. The number of benzene rings is 2. The van der Waals surface area contributed by atoms with Gasteiger partial charge in [-0.05, 0) is 36.8 Å². The fourth-order valence-electron chi connectivity index (χ4n) is 1.73. The molecule has 0 radical (unpaired) electrons. The number of hydrogen-bond donors (Lipinski definition) is 2. The smallest absolute Gasteiger partial charge is 0.236 e. The number of amides is 1. The van der Waals surface area contributed by atoms with Crippen molar-refractivity contribution in [1.29, 1.82) is 0 Å². The van der Waals surface area contributed by atoms with Gasteiger partial charge in [0.05, 0.1) is 6.04 Å². The van der Waals surface area contributed by atoms with E-state index in [2.05, 4.69) is 5.32 Å². The predicted octanol–water partition coefficient (Wildman–Crippen LogP) is 2.72. The molecule has 22 heavy (non-hydrogen) atoms. The molecule has 0 aliphatic heterocycles. The van der Waals surface area contributed by atoms with Crippen molar-refractivity contribution < 1.29 is 18.3 Å². The Labute approximate surface area is 126 Å². The Morgan fingerprint density at radius 1 is 1.18 bits per heavy atom. The van der Waals surface area contributed by atoms with Gasteiger partial charge in [0.2, 0.25) is 5.91 Å². The molecule has 2 aromatic carbocycles. The number of hydrogen-bond acceptors (Lipinski definition) is 3. The summed E-state index contributed by atoms with van der Waals surface area (Å²) in [4.78, 5) is 11.4. The maximum atomic E-state index is 14.0. The van der Waals surface area contributed by atoms with Crippen LogP contribution < -0.4 is 15.8 Å². The maximum absolute atomic E-state index is 14.0. The van der Waals surface area contributed by atoms with Gasteiger partial charge in [0.1, 0.15) is 0 Å². The van der Waals surface area contributed by atoms with Crippen LogP contribution in [0.5, 0.6) is 11.5 Å². The number of ether oxygens (including phenoxy) is 1. The first kappa shape index (κ1) is 15.9. The summed E-state index contributed by atoms with van der Waals surface area (Å²) in [5, 5.41) is 2.57. The van der Waals surface area contributed by atoms with Crippen molar-refractivity contribution in [2.24, 2.45) is 5.73 Å². The number of halogens is 2. The predicted molar refractivity (Wildman–Crippen MR) is 78.4 cm³/mol. The van der Waals surface area contributed by atoms with E-state index < -0.39 is 17.7 Å². The van der Waals surface area contributed by atoms with Gasteiger partial charge in [-0.2, -0.15) is 0 Å². The summed E-state index contributed by atoms with van der Waals surface area (Å²) in [6.45, 7) is 1.71. The Morgan fingerprint density at radius 2 is 1.86 bits per heavy atom. The van der Waals surface area contributed by atoms with Crippen LogP contribution in [0.15, 0.2) is 42.5 Å². The second kappa shape index (κ2) is 7.00. The molecule has 2 aromatic rings. The molecular weight excluding hydrogens is 290 g/mol. The van der Waals surface area contributed by atoms with Crippen molar-refractivity contribution in [3.63, 3.8) is 0 Å². The molecule has 0 spiro atoms. The fraction of sp³-hybridized carbons (Fsp3) is 0.188. The number of para-hydroxylation sites is 1. The lowest BCUT2D eigenvalue weighted by Gasteiger charge is -2.10. The summed E-state index contributed by atoms with van der Waals surface area (Å²) in [6, 6.07) is 9.30. The Bertz CT molecular complexity index is 675. The van der Waals surface area contributed by atoms with Crippen molar-refractivity contribution in [3.05, 3.63) is 59.7 Å². The van der Waals surface area contributed by atoms with Crippen LogP contribution in [0.4, 0.5) is 8.78 Å². The zero-order chi connectivity index (χ0) is 16.1. The van der Waals surface area contributed by atoms with E-state index in [0.29, 0.717) is 5.56 Å². The first-order valence-electron chi connectivity index (χ1n) is 6.71. The van der Waals surface area contributed by atoms with Crippen molar-refractivity contribution in [2.45, 2.75) is 19.5 Å². The number of carbonyl (C=O) groups is 1. The third-order valence-corrected chi connectivity index (χ3v) is 2.93. The highest BCUT2D eigenvalue weighted by Gasteiger charge is 2.10. The third kappa shape index (κ3) is 4.02. The van der Waals surface area contributed by atoms with Crippen molar-refractivity contribution in [3.8, 4) is 11.5 Å². The largest absolute Gasteiger partial charge is 0.451 e. The van der Waals surface area contributed by atoms with Crippen molar-refractivity contribution >= 4 is 5.91 Å². The SMILES string of the molecule is C[C@@H](N)C(=O)NCc1ccc(Oc2ccccc2F)c(F)c1. The summed E-state index contributed by atoms with van der Waals surface area (Å²) in [7, 11) is 0. The summed E-state index contributed by atoms with van der Waals surface area (Å²) >= 11 is 0. The zero-order valence-electron chi connectivity index (χ0n) is 12.0. The van der Waals surface area contributed by atoms with Crippen LogP contribution in [-0.2, 0) is 11.3 Å². The third-order valence-electron chi connectivity index (χ3n) is 2.93. The second-order valence-electron chi connectivity index (χ2n) is 4.80. The molecule has 0 aromatic heterocycles. The van der Waals surface area contributed by atoms with Gasteiger partial charge in [0.15, 0.2) is 23.1 Å². The highest BCUT2D eigenvalue weighted by molar-refractivity contribution is 5.80. The molecule has 0 saturated heterocycles. The van der Waals surface area contributed by atoms with E-state index in [1.807, 2.05) is 0 Å². The van der Waals surface area contributed by atoms with E-state index in [1.165, 1.54) is 30.3 Å². The number of carbonyl (C=O) groups excluding carboxylic acids is 1. The monoisotopic (exact) mass is 306 g/mol. The molecule has 0 unspecified atom stereocenters. The Kier molecular flexibility index (Phi) is 5.06. The summed E-state index contributed by atoms with van der Waals surface area (Å²) in [5.74, 6) is -1.69. The van der Waals surface area contributed by atoms with Gasteiger partial charge in [0, 0.05) is 6.54 Å². The highest BCUT2D eigenvalue weighted by atomic mass is 19.1. The quantitative estimate of drug-likeness (QED) is 0.892. The van der Waals surface area contributed by atoms with Crippen LogP contribution in [0, 0.1) is 11.6 Å². The Hall–Kier alpha value is -2.47. The normalized spacial score (nSPS) is 11.8. The second-order valence-corrected chi connectivity index (χ2v) is 4.80. The standard InChI is InChI=1S/C16H16F2N2O2/c1-10(19)16(21)20-9-11-6-7-15(13(18)8-11)22-14-5-3-2-4-12(14)17/h2-8,10H,9,19H2,1H3,(H,20,21)/t10-/m1/s1. The van der Waals surface area contributed by atoms with E-state index in [4.69, 9.17) is 10.5 Å². The zero-order valence-corrected chi connectivity index (χ0v) is 12.0. The van der Waals surface area contributed by atoms with Gasteiger partial charge in [-0.25, -0.2) is 8.78 Å². The van der Waals surface area contributed by atoms with E-state index in [9.17, 15) is 13.6 Å². The van der Waals surface area contributed by atoms with Crippen LogP contribution in [0.1, 0.15) is 12.5 Å². The molecule has 6 heteroatoms. The minimum Gasteiger partial charge on any atom is -0.451 e. The van der Waals surface area contributed by atoms with E-state index in [1.54, 1.807) is 19.1 Å². The summed E-state index contributed by atoms with van der Waals surface area (Å²) in [5.41, 5.74) is 5.96. The van der Waals surface area contributed by atoms with Gasteiger partial charge in [0.25, 0.3) is 0 Å². The first-order valence-corrected chi connectivity index (χ1v) is 6.71. The molecule has 1 atom stereocenters. The van der Waals surface area contributed by atoms with Crippen molar-refractivity contribution in [2.75, 3.05) is 0 Å². The molecule has 0 heterocycles. The van der Waals surface area contributed by atoms with Crippen LogP contribution >= 0.6 is 0 Å². The molecule has 1 amide bonds. The Morgan fingerprint density at radius 3 is 2.50 bits per heavy atom. The fourth-order valence-corrected chi connectivity index (χ4v) is 1.73. The lowest BCUT2D eigenvalue weighted by atomic mass is 10.2. The summed E-state index contributed by atoms with van der Waals surface area (Å²) in [6.07, 6.45) is 0. The van der Waals surface area contributed by atoms with Gasteiger partial charge in [-0.15, -0.1) is 0 Å². The number of nitrogens with one attached hydrogen (secondary N) is 1. The van der Waals surface area contributed by atoms with Crippen LogP contribution in [0.3, 0.4) is 0 Å². The molecule has 116 valence electrons. The van der Waals surface area contributed by atoms with E-state index >= 15 is 0 Å². The topological polar surface area (TPSA) is 64.4 Å². The molecule has 0 aliphatic rings. The average Bonchev–Trinajstić information content (AvgIpc) is 2.49. The number of nitrogens with two attached hydrogens (primary N) is 1. The average molecular weight is 306 g/mol. The lowest BCUT2D eigenvalue weighted by Crippen LogP contribution is -2.37. The molecule has 3 N–H and O–H groups in total. The van der Waals surface area contributed by atoms with Crippen LogP contribution in [0.2, 0.25) is 0 Å². The molecule has 2 rings (SSSR count). The Balaban J connectivity index is 2.07. The molecule has 0 fully saturated rings. The lowest BCUT2D eigenvalue weighted by molar-refractivity contribution is -0.122. The van der Waals surface area contributed by atoms with Gasteiger partial charge >= 0.3 is 0 Å². The van der Waals surface area contributed by atoms with Gasteiger partial charge in [-0.3, -0.25) is 4.79 Å². The minimum absolute atomic E-state index is 0.0561. The van der Waals surface area contributed by atoms with Crippen molar-refractivity contribution in [1.82, 2.24) is 5.32 Å². The minimum atomic E-state index is -0.643. The van der Waals surface area contributed by atoms with Crippen LogP contribution in [-0.4, -0.2) is 11.9 Å². The maximum Gasteiger partial charge on any atom is 0.236 e. The van der Waals surface area contributed by atoms with E-state index in [-0.39, 0.29) is 24.0 Å². The van der Waals surface area contributed by atoms with Gasteiger partial charge in [-0.1, -0.05) is 18.2 Å². The molecule has 0 bridgehead atoms. The number of rotatable bonds is 5. The molecule has 0 aliphatic carbocycles. The van der Waals surface area contributed by atoms with Crippen LogP contribution in [0.25, 0.3) is 0 Å². The summed E-state index contributed by atoms with van der Waals surface area (Å²) < 4.78 is 32.6. The highest BCUT2D eigenvalue weighted by Crippen LogP contribution is 2.27. The molecule has 0 saturated carbocycles.